The first-order valence-corrected chi connectivity index (χ1v) is 12.1. The molecular formula is C27H23ClFN3O3S. The quantitative estimate of drug-likeness (QED) is 0.214. The summed E-state index contributed by atoms with van der Waals surface area (Å²) in [6.45, 7) is 0.850. The van der Waals surface area contributed by atoms with Crippen LogP contribution in [0.5, 0.6) is 5.75 Å². The number of aromatic nitrogens is 1. The number of rotatable bonds is 8. The van der Waals surface area contributed by atoms with E-state index in [1.807, 2.05) is 53.4 Å². The molecule has 3 heterocycles. The van der Waals surface area contributed by atoms with E-state index in [1.165, 1.54) is 12.1 Å². The molecule has 0 aliphatic carbocycles. The van der Waals surface area contributed by atoms with Crippen LogP contribution in [-0.4, -0.2) is 30.4 Å². The van der Waals surface area contributed by atoms with E-state index in [9.17, 15) is 4.39 Å². The highest BCUT2D eigenvalue weighted by Gasteiger charge is 2.42. The van der Waals surface area contributed by atoms with Crippen molar-refractivity contribution in [2.75, 3.05) is 25.2 Å². The Kier molecular flexibility index (Phi) is 7.18. The molecule has 0 amide bonds. The Morgan fingerprint density at radius 2 is 1.92 bits per heavy atom. The van der Waals surface area contributed by atoms with E-state index in [-0.39, 0.29) is 17.9 Å². The van der Waals surface area contributed by atoms with Gasteiger partial charge in [0.1, 0.15) is 35.7 Å². The fourth-order valence-electron chi connectivity index (χ4n) is 4.19. The number of thiocarbonyl (C=S) groups is 1. The van der Waals surface area contributed by atoms with Crippen molar-refractivity contribution < 1.29 is 18.3 Å². The van der Waals surface area contributed by atoms with Crippen molar-refractivity contribution in [2.45, 2.75) is 12.1 Å². The number of halogens is 2. The molecule has 2 aromatic carbocycles. The lowest BCUT2D eigenvalue weighted by Gasteiger charge is -2.26. The Labute approximate surface area is 218 Å². The van der Waals surface area contributed by atoms with Crippen molar-refractivity contribution in [3.8, 4) is 17.1 Å². The van der Waals surface area contributed by atoms with Crippen molar-refractivity contribution in [2.24, 2.45) is 0 Å². The number of benzene rings is 2. The number of anilines is 1. The summed E-state index contributed by atoms with van der Waals surface area (Å²) in [7, 11) is 1.61. The van der Waals surface area contributed by atoms with E-state index in [4.69, 9.17) is 37.7 Å². The molecule has 9 heteroatoms. The molecule has 184 valence electrons. The minimum atomic E-state index is -0.349. The van der Waals surface area contributed by atoms with Crippen LogP contribution in [0.3, 0.4) is 0 Å². The third kappa shape index (κ3) is 4.93. The van der Waals surface area contributed by atoms with Crippen molar-refractivity contribution in [1.29, 1.82) is 0 Å². The molecule has 0 unspecified atom stereocenters. The normalized spacial score (nSPS) is 17.3. The second-order valence-electron chi connectivity index (χ2n) is 8.16. The Bertz CT molecular complexity index is 1350. The van der Waals surface area contributed by atoms with Gasteiger partial charge in [0.15, 0.2) is 5.11 Å². The molecule has 36 heavy (non-hydrogen) atoms. The molecule has 0 saturated carbocycles. The van der Waals surface area contributed by atoms with Gasteiger partial charge >= 0.3 is 0 Å². The number of ether oxygens (including phenoxy) is 2. The topological polar surface area (TPSA) is 59.8 Å². The van der Waals surface area contributed by atoms with Gasteiger partial charge in [0.25, 0.3) is 0 Å². The Hall–Kier alpha value is -3.46. The average molecular weight is 524 g/mol. The summed E-state index contributed by atoms with van der Waals surface area (Å²) in [6.07, 6.45) is 1.74. The van der Waals surface area contributed by atoms with Crippen LogP contribution < -0.4 is 15.0 Å². The van der Waals surface area contributed by atoms with Gasteiger partial charge in [0.2, 0.25) is 0 Å². The first-order chi connectivity index (χ1) is 17.5. The lowest BCUT2D eigenvalue weighted by atomic mass is 10.0. The molecule has 5 rings (SSSR count). The van der Waals surface area contributed by atoms with Crippen molar-refractivity contribution in [3.05, 3.63) is 101 Å². The molecule has 1 aliphatic rings. The van der Waals surface area contributed by atoms with Crippen LogP contribution in [0.2, 0.25) is 5.02 Å². The zero-order valence-corrected chi connectivity index (χ0v) is 20.9. The summed E-state index contributed by atoms with van der Waals surface area (Å²) in [5.41, 5.74) is 2.37. The van der Waals surface area contributed by atoms with Gasteiger partial charge < -0.3 is 24.1 Å². The Morgan fingerprint density at radius 1 is 1.08 bits per heavy atom. The van der Waals surface area contributed by atoms with E-state index < -0.39 is 0 Å². The number of furan rings is 1. The van der Waals surface area contributed by atoms with Gasteiger partial charge in [-0.15, -0.1) is 0 Å². The molecule has 2 atom stereocenters. The largest absolute Gasteiger partial charge is 0.490 e. The second-order valence-corrected chi connectivity index (χ2v) is 8.96. The first-order valence-electron chi connectivity index (χ1n) is 11.3. The highest BCUT2D eigenvalue weighted by molar-refractivity contribution is 7.80. The lowest BCUT2D eigenvalue weighted by Crippen LogP contribution is -2.29. The molecule has 2 aromatic heterocycles. The highest BCUT2D eigenvalue weighted by Crippen LogP contribution is 2.44. The molecule has 1 saturated heterocycles. The molecular weight excluding hydrogens is 501 g/mol. The van der Waals surface area contributed by atoms with E-state index in [1.54, 1.807) is 25.4 Å². The number of hydrogen-bond donors (Lipinski definition) is 1. The summed E-state index contributed by atoms with van der Waals surface area (Å²) in [5.74, 6) is 1.56. The van der Waals surface area contributed by atoms with Crippen LogP contribution in [0.25, 0.3) is 11.3 Å². The number of pyridine rings is 1. The van der Waals surface area contributed by atoms with Gasteiger partial charge in [-0.25, -0.2) is 4.39 Å². The van der Waals surface area contributed by atoms with Crippen LogP contribution in [0.15, 0.2) is 83.4 Å². The van der Waals surface area contributed by atoms with E-state index >= 15 is 0 Å². The van der Waals surface area contributed by atoms with Crippen LogP contribution >= 0.6 is 23.8 Å². The zero-order valence-electron chi connectivity index (χ0n) is 19.4. The smallest absolute Gasteiger partial charge is 0.174 e. The van der Waals surface area contributed by atoms with Crippen LogP contribution in [0.1, 0.15) is 23.5 Å². The standard InChI is InChI=1S/C27H23ClFN3O3S/c1-33-14-15-34-23-10-9-19(16-20(23)28)32-26(25(31-27(32)36)21-4-2-3-13-30-21)24-12-11-22(35-24)17-5-7-18(29)8-6-17/h2-13,16,25-26H,14-15H2,1H3,(H,31,36)/t25-,26-/m0/s1. The molecule has 4 aromatic rings. The van der Waals surface area contributed by atoms with E-state index in [0.717, 1.165) is 16.9 Å². The van der Waals surface area contributed by atoms with Gasteiger partial charge in [-0.3, -0.25) is 4.98 Å². The maximum Gasteiger partial charge on any atom is 0.174 e. The third-order valence-electron chi connectivity index (χ3n) is 5.88. The number of methoxy groups -OCH3 is 1. The van der Waals surface area contributed by atoms with Crippen LogP contribution in [0, 0.1) is 5.82 Å². The average Bonchev–Trinajstić information content (AvgIpc) is 3.51. The molecule has 1 N–H and O–H groups in total. The first kappa shape index (κ1) is 24.2. The van der Waals surface area contributed by atoms with Crippen LogP contribution in [-0.2, 0) is 4.74 Å². The zero-order chi connectivity index (χ0) is 25.1. The third-order valence-corrected chi connectivity index (χ3v) is 6.49. The van der Waals surface area contributed by atoms with Crippen molar-refractivity contribution in [3.63, 3.8) is 0 Å². The highest BCUT2D eigenvalue weighted by atomic mass is 35.5. The van der Waals surface area contributed by atoms with Crippen LogP contribution in [0.4, 0.5) is 10.1 Å². The summed E-state index contributed by atoms with van der Waals surface area (Å²) in [6, 6.07) is 20.6. The second kappa shape index (κ2) is 10.7. The minimum Gasteiger partial charge on any atom is -0.490 e. The van der Waals surface area contributed by atoms with Gasteiger partial charge in [0.05, 0.1) is 23.4 Å². The van der Waals surface area contributed by atoms with Gasteiger partial charge in [-0.1, -0.05) is 17.7 Å². The molecule has 0 bridgehead atoms. The summed E-state index contributed by atoms with van der Waals surface area (Å²) in [4.78, 5) is 6.52. The molecule has 1 aliphatic heterocycles. The van der Waals surface area contributed by atoms with Gasteiger partial charge in [0, 0.05) is 24.6 Å². The predicted octanol–water partition coefficient (Wildman–Crippen LogP) is 6.34. The predicted molar refractivity (Wildman–Crippen MR) is 141 cm³/mol. The summed E-state index contributed by atoms with van der Waals surface area (Å²) in [5, 5.41) is 4.36. The number of hydrogen-bond acceptors (Lipinski definition) is 5. The molecule has 6 nitrogen and oxygen atoms in total. The maximum absolute atomic E-state index is 13.4. The Balaban J connectivity index is 1.52. The fourth-order valence-corrected chi connectivity index (χ4v) is 4.77. The minimum absolute atomic E-state index is 0.276. The number of nitrogens with one attached hydrogen (secondary N) is 1. The monoisotopic (exact) mass is 523 g/mol. The molecule has 0 radical (unpaired) electrons. The molecule has 0 spiro atoms. The van der Waals surface area contributed by atoms with E-state index in [0.29, 0.717) is 40.6 Å². The Morgan fingerprint density at radius 3 is 2.64 bits per heavy atom. The fraction of sp³-hybridized carbons (Fsp3) is 0.185. The van der Waals surface area contributed by atoms with Crippen molar-refractivity contribution in [1.82, 2.24) is 10.3 Å². The van der Waals surface area contributed by atoms with Gasteiger partial charge in [-0.2, -0.15) is 0 Å². The SMILES string of the molecule is COCCOc1ccc(N2C(=S)N[C@@H](c3ccccn3)[C@@H]2c2ccc(-c3ccc(F)cc3)o2)cc1Cl. The van der Waals surface area contributed by atoms with Crippen molar-refractivity contribution >= 4 is 34.6 Å². The maximum atomic E-state index is 13.4. The summed E-state index contributed by atoms with van der Waals surface area (Å²) < 4.78 is 30.5. The lowest BCUT2D eigenvalue weighted by molar-refractivity contribution is 0.146. The number of nitrogens with zero attached hydrogens (tertiary/aromatic N) is 2. The van der Waals surface area contributed by atoms with Gasteiger partial charge in [-0.05, 0) is 78.9 Å². The molecule has 1 fully saturated rings. The van der Waals surface area contributed by atoms with E-state index in [2.05, 4.69) is 10.3 Å². The summed E-state index contributed by atoms with van der Waals surface area (Å²) >= 11 is 12.3.